The molecule has 0 spiro atoms. The normalized spacial score (nSPS) is 18.4. The zero-order valence-electron chi connectivity index (χ0n) is 18.2. The van der Waals surface area contributed by atoms with Gasteiger partial charge in [0, 0.05) is 33.8 Å². The molecule has 0 radical (unpaired) electrons. The summed E-state index contributed by atoms with van der Waals surface area (Å²) in [5, 5.41) is 19.4. The van der Waals surface area contributed by atoms with E-state index in [0.29, 0.717) is 20.9 Å². The Morgan fingerprint density at radius 1 is 1.23 bits per heavy atom. The fourth-order valence-electron chi connectivity index (χ4n) is 4.08. The summed E-state index contributed by atoms with van der Waals surface area (Å²) in [7, 11) is 0. The maximum absolute atomic E-state index is 15.1. The number of β-amino-alcohol motifs (C(OH)–C–C–N with tert-alkyl or cyclic N) is 1. The number of carboxylic acids is 1. The van der Waals surface area contributed by atoms with Crippen molar-refractivity contribution in [3.05, 3.63) is 58.5 Å². The van der Waals surface area contributed by atoms with E-state index in [0.717, 1.165) is 4.90 Å². The number of carboxylic acid groups (broad SMARTS) is 1. The van der Waals surface area contributed by atoms with Crippen molar-refractivity contribution in [2.75, 3.05) is 13.1 Å². The monoisotopic (exact) mass is 530 g/mol. The van der Waals surface area contributed by atoms with Crippen LogP contribution in [0.2, 0.25) is 5.02 Å². The van der Waals surface area contributed by atoms with Gasteiger partial charge in [0.2, 0.25) is 5.91 Å². The van der Waals surface area contributed by atoms with Gasteiger partial charge in [0.15, 0.2) is 11.4 Å². The first-order valence-electron chi connectivity index (χ1n) is 10.4. The van der Waals surface area contributed by atoms with E-state index in [9.17, 15) is 33.0 Å². The molecule has 1 aliphatic heterocycles. The molecule has 2 N–H and O–H groups in total. The molecule has 35 heavy (non-hydrogen) atoms. The summed E-state index contributed by atoms with van der Waals surface area (Å²) in [5.41, 5.74) is -2.47. The van der Waals surface area contributed by atoms with Gasteiger partial charge in [-0.1, -0.05) is 29.4 Å². The highest BCUT2D eigenvalue weighted by molar-refractivity contribution is 7.99. The maximum atomic E-state index is 15.1. The van der Waals surface area contributed by atoms with Gasteiger partial charge in [-0.2, -0.15) is 13.2 Å². The van der Waals surface area contributed by atoms with Gasteiger partial charge in [0.1, 0.15) is 6.54 Å². The van der Waals surface area contributed by atoms with E-state index in [4.69, 9.17) is 11.6 Å². The molecule has 0 saturated carbocycles. The smallest absolute Gasteiger partial charge is 0.419 e. The Kier molecular flexibility index (Phi) is 6.54. The molecule has 2 heterocycles. The van der Waals surface area contributed by atoms with Crippen LogP contribution in [0.25, 0.3) is 10.9 Å². The Morgan fingerprint density at radius 2 is 1.94 bits per heavy atom. The zero-order valence-corrected chi connectivity index (χ0v) is 19.8. The third kappa shape index (κ3) is 4.60. The Morgan fingerprint density at radius 3 is 2.57 bits per heavy atom. The van der Waals surface area contributed by atoms with Crippen LogP contribution in [-0.2, 0) is 11.3 Å². The third-order valence-corrected chi connectivity index (χ3v) is 7.54. The number of benzene rings is 2. The van der Waals surface area contributed by atoms with Gasteiger partial charge < -0.3 is 19.7 Å². The molecule has 1 fully saturated rings. The van der Waals surface area contributed by atoms with Crippen LogP contribution in [-0.4, -0.2) is 56.4 Å². The van der Waals surface area contributed by atoms with Crippen molar-refractivity contribution in [2.24, 2.45) is 0 Å². The first-order valence-corrected chi connectivity index (χ1v) is 11.6. The molecule has 0 bridgehead atoms. The minimum atomic E-state index is -4.88. The van der Waals surface area contributed by atoms with Crippen LogP contribution in [0.4, 0.5) is 17.6 Å². The Bertz CT molecular complexity index is 1340. The predicted octanol–water partition coefficient (Wildman–Crippen LogP) is 5.12. The quantitative estimate of drug-likeness (QED) is 0.448. The third-order valence-electron chi connectivity index (χ3n) is 6.04. The van der Waals surface area contributed by atoms with Crippen LogP contribution in [0, 0.1) is 12.7 Å². The molecule has 1 unspecified atom stereocenters. The number of likely N-dealkylation sites (tertiary alicyclic amines) is 1. The highest BCUT2D eigenvalue weighted by Gasteiger charge is 2.57. The number of rotatable bonds is 5. The van der Waals surface area contributed by atoms with Gasteiger partial charge in [-0.25, -0.2) is 9.18 Å². The number of carbonyl (C=O) groups is 2. The maximum Gasteiger partial charge on any atom is 0.419 e. The van der Waals surface area contributed by atoms with Crippen LogP contribution in [0.3, 0.4) is 0 Å². The molecule has 3 aromatic rings. The number of aromatic carboxylic acids is 1. The number of alkyl halides is 3. The van der Waals surface area contributed by atoms with Crippen LogP contribution < -0.4 is 0 Å². The Balaban J connectivity index is 1.72. The second kappa shape index (κ2) is 9.03. The highest BCUT2D eigenvalue weighted by Crippen LogP contribution is 2.41. The molecule has 1 aromatic heterocycles. The fourth-order valence-corrected chi connectivity index (χ4v) is 5.34. The number of hydrogen-bond acceptors (Lipinski definition) is 4. The van der Waals surface area contributed by atoms with Crippen LogP contribution in [0.5, 0.6) is 0 Å². The van der Waals surface area contributed by atoms with Gasteiger partial charge in [-0.15, -0.1) is 0 Å². The molecule has 1 atom stereocenters. The van der Waals surface area contributed by atoms with Gasteiger partial charge in [-0.3, -0.25) is 4.79 Å². The summed E-state index contributed by atoms with van der Waals surface area (Å²) in [6.45, 7) is -0.0381. The van der Waals surface area contributed by atoms with E-state index in [-0.39, 0.29) is 22.6 Å². The number of amides is 1. The number of aliphatic hydroxyl groups is 1. The number of carbonyl (C=O) groups excluding carboxylic acids is 1. The van der Waals surface area contributed by atoms with Crippen molar-refractivity contribution in [3.8, 4) is 0 Å². The second-order valence-electron chi connectivity index (χ2n) is 8.29. The molecule has 12 heteroatoms. The molecule has 1 saturated heterocycles. The van der Waals surface area contributed by atoms with Gasteiger partial charge in [0.25, 0.3) is 0 Å². The van der Waals surface area contributed by atoms with Gasteiger partial charge >= 0.3 is 12.1 Å². The summed E-state index contributed by atoms with van der Waals surface area (Å²) >= 11 is 7.14. The van der Waals surface area contributed by atoms with Crippen LogP contribution >= 0.6 is 23.4 Å². The topological polar surface area (TPSA) is 82.8 Å². The summed E-state index contributed by atoms with van der Waals surface area (Å²) in [5.74, 6) is -2.62. The van der Waals surface area contributed by atoms with E-state index in [2.05, 4.69) is 0 Å². The second-order valence-corrected chi connectivity index (χ2v) is 9.78. The summed E-state index contributed by atoms with van der Waals surface area (Å²) in [4.78, 5) is 26.2. The summed E-state index contributed by atoms with van der Waals surface area (Å²) in [6.07, 6.45) is -5.53. The number of hydrogen-bond donors (Lipinski definition) is 2. The predicted molar refractivity (Wildman–Crippen MR) is 121 cm³/mol. The van der Waals surface area contributed by atoms with Crippen molar-refractivity contribution in [1.82, 2.24) is 9.47 Å². The molecule has 0 aliphatic carbocycles. The molecule has 2 aromatic carbocycles. The van der Waals surface area contributed by atoms with E-state index in [1.54, 1.807) is 25.1 Å². The number of fused-ring (bicyclic) bond motifs is 1. The molecule has 186 valence electrons. The van der Waals surface area contributed by atoms with E-state index in [1.165, 1.54) is 34.5 Å². The lowest BCUT2D eigenvalue weighted by Gasteiger charge is -2.26. The summed E-state index contributed by atoms with van der Waals surface area (Å²) in [6, 6.07) is 9.05. The number of halogens is 5. The molecule has 1 aliphatic rings. The average Bonchev–Trinajstić information content (AvgIpc) is 3.31. The lowest BCUT2D eigenvalue weighted by Crippen LogP contribution is -2.48. The Labute approximate surface area is 206 Å². The zero-order chi connectivity index (χ0) is 25.7. The summed E-state index contributed by atoms with van der Waals surface area (Å²) < 4.78 is 56.0. The molecule has 4 rings (SSSR count). The Hall–Kier alpha value is -2.76. The first kappa shape index (κ1) is 25.3. The number of nitrogens with zero attached hydrogens (tertiary/aromatic N) is 2. The fraction of sp³-hybridized carbons (Fsp3) is 0.304. The van der Waals surface area contributed by atoms with Gasteiger partial charge in [0.05, 0.1) is 22.6 Å². The van der Waals surface area contributed by atoms with Crippen LogP contribution in [0.1, 0.15) is 22.5 Å². The van der Waals surface area contributed by atoms with Crippen molar-refractivity contribution < 1.29 is 37.4 Å². The van der Waals surface area contributed by atoms with Crippen molar-refractivity contribution >= 4 is 46.1 Å². The highest BCUT2D eigenvalue weighted by atomic mass is 35.5. The number of aromatic nitrogens is 1. The standard InChI is InChI=1S/C23H19ClF4N2O4S/c1-12-20(35-14-4-2-3-13(9-14)21(32)33)15-5-6-16(24)18(25)19(15)30(12)10-17(31)29-8-7-22(34,11-29)23(26,27)28/h2-6,9,34H,7-8,10-11H2,1H3,(H,32,33). The van der Waals surface area contributed by atoms with Crippen molar-refractivity contribution in [2.45, 2.75) is 41.5 Å². The van der Waals surface area contributed by atoms with Gasteiger partial charge in [-0.05, 0) is 37.3 Å². The first-order chi connectivity index (χ1) is 16.3. The SMILES string of the molecule is Cc1c(Sc2cccc(C(=O)O)c2)c2ccc(Cl)c(F)c2n1CC(=O)N1CCC(O)(C(F)(F)F)C1. The average molecular weight is 531 g/mol. The minimum Gasteiger partial charge on any atom is -0.478 e. The molecular formula is C23H19ClF4N2O4S. The van der Waals surface area contributed by atoms with E-state index < -0.39 is 49.0 Å². The minimum absolute atomic E-state index is 0.00511. The molecule has 1 amide bonds. The largest absolute Gasteiger partial charge is 0.478 e. The van der Waals surface area contributed by atoms with Crippen molar-refractivity contribution in [1.29, 1.82) is 0 Å². The van der Waals surface area contributed by atoms with Crippen molar-refractivity contribution in [3.63, 3.8) is 0 Å². The molecular weight excluding hydrogens is 512 g/mol. The van der Waals surface area contributed by atoms with E-state index in [1.807, 2.05) is 0 Å². The van der Waals surface area contributed by atoms with Crippen LogP contribution in [0.15, 0.2) is 46.2 Å². The lowest BCUT2D eigenvalue weighted by atomic mass is 10.0. The lowest BCUT2D eigenvalue weighted by molar-refractivity contribution is -0.253. The van der Waals surface area contributed by atoms with E-state index >= 15 is 4.39 Å². The molecule has 6 nitrogen and oxygen atoms in total.